The van der Waals surface area contributed by atoms with E-state index in [2.05, 4.69) is 10.6 Å². The number of nitrogens with one attached hydrogen (secondary N) is 2. The molecule has 0 bridgehead atoms. The van der Waals surface area contributed by atoms with Gasteiger partial charge in [-0.3, -0.25) is 9.59 Å². The maximum Gasteiger partial charge on any atom is 0.252 e. The van der Waals surface area contributed by atoms with Crippen LogP contribution in [0.3, 0.4) is 0 Å². The first-order valence-electron chi connectivity index (χ1n) is 8.37. The lowest BCUT2D eigenvalue weighted by Crippen LogP contribution is -2.23. The maximum absolute atomic E-state index is 12.8. The van der Waals surface area contributed by atoms with E-state index in [9.17, 15) is 9.59 Å². The van der Waals surface area contributed by atoms with Gasteiger partial charge in [-0.1, -0.05) is 34.8 Å². The molecule has 4 nitrogen and oxygen atoms in total. The standard InChI is InChI=1S/C19H15Cl5N2O2/c1-2-25-17(27)13-8-12(3-4-14(13)22)26-18(28)16-15(19(16,23)24)9-5-10(20)7-11(21)6-9/h3-8,15-16H,2H2,1H3,(H,25,27)(H,26,28). The Morgan fingerprint density at radius 2 is 1.68 bits per heavy atom. The van der Waals surface area contributed by atoms with Crippen LogP contribution in [-0.2, 0) is 4.79 Å². The van der Waals surface area contributed by atoms with Crippen molar-refractivity contribution < 1.29 is 9.59 Å². The molecule has 3 rings (SSSR count). The number of hydrogen-bond acceptors (Lipinski definition) is 2. The lowest BCUT2D eigenvalue weighted by atomic mass is 10.1. The van der Waals surface area contributed by atoms with Crippen LogP contribution >= 0.6 is 58.0 Å². The van der Waals surface area contributed by atoms with E-state index >= 15 is 0 Å². The first kappa shape index (κ1) is 21.5. The van der Waals surface area contributed by atoms with Gasteiger partial charge >= 0.3 is 0 Å². The average molecular weight is 481 g/mol. The van der Waals surface area contributed by atoms with E-state index in [1.165, 1.54) is 12.1 Å². The number of benzene rings is 2. The summed E-state index contributed by atoms with van der Waals surface area (Å²) < 4.78 is -1.28. The van der Waals surface area contributed by atoms with Crippen LogP contribution < -0.4 is 10.6 Å². The minimum Gasteiger partial charge on any atom is -0.352 e. The number of amides is 2. The molecule has 0 saturated heterocycles. The zero-order valence-electron chi connectivity index (χ0n) is 14.5. The molecular weight excluding hydrogens is 465 g/mol. The van der Waals surface area contributed by atoms with Crippen LogP contribution in [0.2, 0.25) is 15.1 Å². The Labute approximate surface area is 187 Å². The summed E-state index contributed by atoms with van der Waals surface area (Å²) in [4.78, 5) is 24.8. The highest BCUT2D eigenvalue weighted by Crippen LogP contribution is 2.65. The third-order valence-electron chi connectivity index (χ3n) is 4.40. The Balaban J connectivity index is 1.80. The largest absolute Gasteiger partial charge is 0.352 e. The molecule has 2 aromatic carbocycles. The van der Waals surface area contributed by atoms with E-state index in [1.54, 1.807) is 31.2 Å². The molecule has 28 heavy (non-hydrogen) atoms. The Morgan fingerprint density at radius 1 is 1.04 bits per heavy atom. The average Bonchev–Trinajstić information content (AvgIpc) is 3.18. The minimum atomic E-state index is -1.28. The van der Waals surface area contributed by atoms with E-state index in [0.29, 0.717) is 27.8 Å². The predicted molar refractivity (Wildman–Crippen MR) is 115 cm³/mol. The summed E-state index contributed by atoms with van der Waals surface area (Å²) in [6, 6.07) is 9.59. The number of hydrogen-bond donors (Lipinski definition) is 2. The van der Waals surface area contributed by atoms with Crippen molar-refractivity contribution in [3.05, 3.63) is 62.6 Å². The highest BCUT2D eigenvalue weighted by molar-refractivity contribution is 6.53. The fourth-order valence-electron chi connectivity index (χ4n) is 3.08. The monoisotopic (exact) mass is 478 g/mol. The summed E-state index contributed by atoms with van der Waals surface area (Å²) >= 11 is 30.9. The van der Waals surface area contributed by atoms with Crippen molar-refractivity contribution in [1.82, 2.24) is 5.32 Å². The molecule has 0 aliphatic heterocycles. The highest BCUT2D eigenvalue weighted by atomic mass is 35.5. The van der Waals surface area contributed by atoms with Crippen LogP contribution in [0, 0.1) is 5.92 Å². The third-order valence-corrected chi connectivity index (χ3v) is 6.10. The van der Waals surface area contributed by atoms with E-state index < -0.39 is 16.2 Å². The second-order valence-electron chi connectivity index (χ2n) is 6.38. The Morgan fingerprint density at radius 3 is 2.29 bits per heavy atom. The molecule has 148 valence electrons. The van der Waals surface area contributed by atoms with Crippen molar-refractivity contribution in [2.45, 2.75) is 17.2 Å². The van der Waals surface area contributed by atoms with Gasteiger partial charge in [-0.05, 0) is 48.9 Å². The molecule has 2 N–H and O–H groups in total. The fourth-order valence-corrected chi connectivity index (χ4v) is 4.65. The van der Waals surface area contributed by atoms with Crippen molar-refractivity contribution in [3.8, 4) is 0 Å². The zero-order chi connectivity index (χ0) is 20.6. The van der Waals surface area contributed by atoms with Gasteiger partial charge in [0.05, 0.1) is 16.5 Å². The number of carbonyl (C=O) groups excluding carboxylic acids is 2. The van der Waals surface area contributed by atoms with Gasteiger partial charge in [0.25, 0.3) is 5.91 Å². The molecular formula is C19H15Cl5N2O2. The molecule has 1 aliphatic carbocycles. The number of halogens is 5. The number of carbonyl (C=O) groups is 2. The van der Waals surface area contributed by atoms with Gasteiger partial charge < -0.3 is 10.6 Å². The predicted octanol–water partition coefficient (Wildman–Crippen LogP) is 5.92. The van der Waals surface area contributed by atoms with Crippen molar-refractivity contribution in [1.29, 1.82) is 0 Å². The number of rotatable bonds is 5. The minimum absolute atomic E-state index is 0.262. The van der Waals surface area contributed by atoms with Crippen LogP contribution in [0.25, 0.3) is 0 Å². The van der Waals surface area contributed by atoms with E-state index in [4.69, 9.17) is 58.0 Å². The van der Waals surface area contributed by atoms with Crippen molar-refractivity contribution in [2.75, 3.05) is 11.9 Å². The third kappa shape index (κ3) is 4.37. The van der Waals surface area contributed by atoms with Gasteiger partial charge in [0.15, 0.2) is 0 Å². The Kier molecular flexibility index (Phi) is 6.38. The molecule has 2 atom stereocenters. The second kappa shape index (κ2) is 8.29. The summed E-state index contributed by atoms with van der Waals surface area (Å²) in [7, 11) is 0. The molecule has 9 heteroatoms. The van der Waals surface area contributed by atoms with Crippen molar-refractivity contribution in [3.63, 3.8) is 0 Å². The fraction of sp³-hybridized carbons (Fsp3) is 0.263. The normalized spacial score (nSPS) is 19.8. The molecule has 2 amide bonds. The smallest absolute Gasteiger partial charge is 0.252 e. The highest BCUT2D eigenvalue weighted by Gasteiger charge is 2.67. The second-order valence-corrected chi connectivity index (χ2v) is 9.10. The molecule has 0 radical (unpaired) electrons. The topological polar surface area (TPSA) is 58.2 Å². The van der Waals surface area contributed by atoms with Gasteiger partial charge in [-0.2, -0.15) is 0 Å². The number of anilines is 1. The summed E-state index contributed by atoms with van der Waals surface area (Å²) in [5.74, 6) is -1.86. The number of alkyl halides is 2. The van der Waals surface area contributed by atoms with Crippen LogP contribution in [-0.4, -0.2) is 22.7 Å². The zero-order valence-corrected chi connectivity index (χ0v) is 18.3. The van der Waals surface area contributed by atoms with E-state index in [0.717, 1.165) is 0 Å². The summed E-state index contributed by atoms with van der Waals surface area (Å²) in [6.07, 6.45) is 0. The molecule has 2 unspecified atom stereocenters. The molecule has 1 saturated carbocycles. The van der Waals surface area contributed by atoms with Gasteiger partial charge in [-0.25, -0.2) is 0 Å². The SMILES string of the molecule is CCNC(=O)c1cc(NC(=O)C2C(c3cc(Cl)cc(Cl)c3)C2(Cl)Cl)ccc1Cl. The van der Waals surface area contributed by atoms with E-state index in [1.807, 2.05) is 0 Å². The van der Waals surface area contributed by atoms with Crippen LogP contribution in [0.1, 0.15) is 28.8 Å². The first-order chi connectivity index (χ1) is 13.1. The van der Waals surface area contributed by atoms with Crippen LogP contribution in [0.15, 0.2) is 36.4 Å². The Bertz CT molecular complexity index is 928. The molecule has 1 aliphatic rings. The van der Waals surface area contributed by atoms with E-state index in [-0.39, 0.29) is 22.4 Å². The summed E-state index contributed by atoms with van der Waals surface area (Å²) in [5, 5.41) is 6.56. The molecule has 0 spiro atoms. The van der Waals surface area contributed by atoms with Gasteiger partial charge in [0, 0.05) is 28.2 Å². The molecule has 2 aromatic rings. The van der Waals surface area contributed by atoms with Gasteiger partial charge in [-0.15, -0.1) is 23.2 Å². The van der Waals surface area contributed by atoms with Crippen molar-refractivity contribution >= 4 is 75.5 Å². The van der Waals surface area contributed by atoms with Gasteiger partial charge in [0.1, 0.15) is 4.33 Å². The van der Waals surface area contributed by atoms with Gasteiger partial charge in [0.2, 0.25) is 5.91 Å². The summed E-state index contributed by atoms with van der Waals surface area (Å²) in [6.45, 7) is 2.26. The maximum atomic E-state index is 12.8. The lowest BCUT2D eigenvalue weighted by Gasteiger charge is -2.09. The van der Waals surface area contributed by atoms with Crippen LogP contribution in [0.5, 0.6) is 0 Å². The van der Waals surface area contributed by atoms with Crippen molar-refractivity contribution in [2.24, 2.45) is 5.92 Å². The quantitative estimate of drug-likeness (QED) is 0.522. The lowest BCUT2D eigenvalue weighted by molar-refractivity contribution is -0.117. The molecule has 1 fully saturated rings. The Hall–Kier alpha value is -1.17. The van der Waals surface area contributed by atoms with Crippen LogP contribution in [0.4, 0.5) is 5.69 Å². The summed E-state index contributed by atoms with van der Waals surface area (Å²) in [5.41, 5.74) is 1.36. The first-order valence-corrected chi connectivity index (χ1v) is 10.3. The molecule has 0 heterocycles. The molecule has 0 aromatic heterocycles.